The van der Waals surface area contributed by atoms with Crippen LogP contribution in [-0.2, 0) is 17.3 Å². The number of nitrogens with two attached hydrogens (primary N) is 1. The number of rotatable bonds is 3. The predicted octanol–water partition coefficient (Wildman–Crippen LogP) is 2.53. The molecule has 104 valence electrons. The third kappa shape index (κ3) is 3.26. The minimum absolute atomic E-state index is 0.0464. The van der Waals surface area contributed by atoms with Crippen LogP contribution in [0.15, 0.2) is 18.2 Å². The predicted molar refractivity (Wildman–Crippen MR) is 62.6 cm³/mol. The van der Waals surface area contributed by atoms with Crippen LogP contribution in [0.5, 0.6) is 0 Å². The first-order chi connectivity index (χ1) is 8.88. The first-order valence-corrected chi connectivity index (χ1v) is 5.99. The molecule has 19 heavy (non-hydrogen) atoms. The van der Waals surface area contributed by atoms with E-state index in [1.54, 1.807) is 0 Å². The lowest BCUT2D eigenvalue weighted by Gasteiger charge is -2.14. The lowest BCUT2D eigenvalue weighted by molar-refractivity contribution is -0.137. The molecule has 1 aromatic rings. The smallest absolute Gasteiger partial charge is 0.378 e. The number of carbonyl (C=O) groups is 1. The Balaban J connectivity index is 2.29. The van der Waals surface area contributed by atoms with Crippen LogP contribution in [0.1, 0.15) is 34.3 Å². The van der Waals surface area contributed by atoms with Gasteiger partial charge in [0.1, 0.15) is 0 Å². The molecule has 0 bridgehead atoms. The van der Waals surface area contributed by atoms with Gasteiger partial charge in [-0.15, -0.1) is 0 Å². The third-order valence-electron chi connectivity index (χ3n) is 3.17. The van der Waals surface area contributed by atoms with Crippen LogP contribution in [-0.4, -0.2) is 18.6 Å². The van der Waals surface area contributed by atoms with Gasteiger partial charge in [0, 0.05) is 12.2 Å². The average molecular weight is 273 g/mol. The van der Waals surface area contributed by atoms with Gasteiger partial charge in [-0.1, -0.05) is 6.07 Å². The molecule has 0 spiro atoms. The second-order valence-electron chi connectivity index (χ2n) is 4.57. The van der Waals surface area contributed by atoms with Gasteiger partial charge in [-0.25, -0.2) is 0 Å². The number of amides is 1. The van der Waals surface area contributed by atoms with Crippen LogP contribution >= 0.6 is 0 Å². The molecule has 6 heteroatoms. The third-order valence-corrected chi connectivity index (χ3v) is 3.17. The fourth-order valence-electron chi connectivity index (χ4n) is 2.21. The summed E-state index contributed by atoms with van der Waals surface area (Å²) in [4.78, 5) is 11.3. The number of carbonyl (C=O) groups excluding carboxylic acids is 1. The second-order valence-corrected chi connectivity index (χ2v) is 4.57. The minimum Gasteiger partial charge on any atom is -0.378 e. The molecule has 1 aliphatic heterocycles. The van der Waals surface area contributed by atoms with Crippen molar-refractivity contribution in [3.05, 3.63) is 34.9 Å². The Kier molecular flexibility index (Phi) is 3.80. The van der Waals surface area contributed by atoms with E-state index < -0.39 is 17.6 Å². The maximum Gasteiger partial charge on any atom is 0.416 e. The summed E-state index contributed by atoms with van der Waals surface area (Å²) in [6.45, 7) is 0.650. The van der Waals surface area contributed by atoms with E-state index in [1.807, 2.05) is 0 Å². The van der Waals surface area contributed by atoms with Gasteiger partial charge in [0.15, 0.2) is 0 Å². The van der Waals surface area contributed by atoms with Crippen molar-refractivity contribution in [1.29, 1.82) is 0 Å². The number of halogens is 3. The van der Waals surface area contributed by atoms with E-state index in [9.17, 15) is 18.0 Å². The molecule has 1 saturated heterocycles. The number of hydrogen-bond donors (Lipinski definition) is 1. The molecule has 1 fully saturated rings. The van der Waals surface area contributed by atoms with E-state index in [0.29, 0.717) is 18.6 Å². The summed E-state index contributed by atoms with van der Waals surface area (Å²) in [5.74, 6) is -0.848. The van der Waals surface area contributed by atoms with Gasteiger partial charge in [0.2, 0.25) is 5.91 Å². The van der Waals surface area contributed by atoms with Gasteiger partial charge in [0.25, 0.3) is 0 Å². The number of benzene rings is 1. The summed E-state index contributed by atoms with van der Waals surface area (Å²) in [7, 11) is 0. The van der Waals surface area contributed by atoms with Crippen LogP contribution in [0.25, 0.3) is 0 Å². The monoisotopic (exact) mass is 273 g/mol. The summed E-state index contributed by atoms with van der Waals surface area (Å²) in [5.41, 5.74) is 4.72. The quantitative estimate of drug-likeness (QED) is 0.920. The molecule has 1 amide bonds. The van der Waals surface area contributed by atoms with E-state index in [1.165, 1.54) is 6.07 Å². The number of hydrogen-bond acceptors (Lipinski definition) is 2. The van der Waals surface area contributed by atoms with E-state index in [-0.39, 0.29) is 11.7 Å². The van der Waals surface area contributed by atoms with Gasteiger partial charge in [-0.05, 0) is 37.0 Å². The Labute approximate surface area is 108 Å². The van der Waals surface area contributed by atoms with Gasteiger partial charge >= 0.3 is 6.18 Å². The van der Waals surface area contributed by atoms with Gasteiger partial charge in [-0.2, -0.15) is 13.2 Å². The Morgan fingerprint density at radius 3 is 2.68 bits per heavy atom. The zero-order valence-corrected chi connectivity index (χ0v) is 10.2. The highest BCUT2D eigenvalue weighted by molar-refractivity contribution is 5.94. The van der Waals surface area contributed by atoms with Crippen molar-refractivity contribution in [3.8, 4) is 0 Å². The standard InChI is InChI=1S/C13H14F3NO2/c14-13(15,16)9-4-3-8(11(7-9)12(17)18)6-10-2-1-5-19-10/h3-4,7,10H,1-2,5-6H2,(H2,17,18)/t10-/m0/s1. The number of primary amides is 1. The Bertz CT molecular complexity index is 479. The molecule has 1 aliphatic rings. The summed E-state index contributed by atoms with van der Waals surface area (Å²) in [6.07, 6.45) is -2.34. The van der Waals surface area contributed by atoms with Crippen LogP contribution in [0, 0.1) is 0 Å². The maximum absolute atomic E-state index is 12.6. The lowest BCUT2D eigenvalue weighted by atomic mass is 9.97. The molecule has 2 N–H and O–H groups in total. The van der Waals surface area contributed by atoms with Crippen LogP contribution in [0.2, 0.25) is 0 Å². The van der Waals surface area contributed by atoms with Crippen molar-refractivity contribution >= 4 is 5.91 Å². The second kappa shape index (κ2) is 5.21. The number of alkyl halides is 3. The van der Waals surface area contributed by atoms with Crippen molar-refractivity contribution in [2.75, 3.05) is 6.61 Å². The molecule has 1 atom stereocenters. The fraction of sp³-hybridized carbons (Fsp3) is 0.462. The normalized spacial score (nSPS) is 19.6. The first kappa shape index (κ1) is 13.9. The minimum atomic E-state index is -4.48. The highest BCUT2D eigenvalue weighted by atomic mass is 19.4. The van der Waals surface area contributed by atoms with Crippen molar-refractivity contribution in [2.24, 2.45) is 5.73 Å². The highest BCUT2D eigenvalue weighted by Gasteiger charge is 2.31. The molecule has 1 aromatic carbocycles. The molecule has 0 saturated carbocycles. The molecule has 0 radical (unpaired) electrons. The van der Waals surface area contributed by atoms with Crippen molar-refractivity contribution in [2.45, 2.75) is 31.5 Å². The Morgan fingerprint density at radius 1 is 1.42 bits per heavy atom. The van der Waals surface area contributed by atoms with E-state index >= 15 is 0 Å². The van der Waals surface area contributed by atoms with E-state index in [4.69, 9.17) is 10.5 Å². The molecule has 0 aromatic heterocycles. The summed E-state index contributed by atoms with van der Waals surface area (Å²) >= 11 is 0. The SMILES string of the molecule is NC(=O)c1cc(C(F)(F)F)ccc1C[C@@H]1CCCO1. The summed E-state index contributed by atoms with van der Waals surface area (Å²) in [6, 6.07) is 3.09. The summed E-state index contributed by atoms with van der Waals surface area (Å²) in [5, 5.41) is 0. The Morgan fingerprint density at radius 2 is 2.16 bits per heavy atom. The van der Waals surface area contributed by atoms with Gasteiger partial charge < -0.3 is 10.5 Å². The first-order valence-electron chi connectivity index (χ1n) is 5.99. The van der Waals surface area contributed by atoms with E-state index in [2.05, 4.69) is 0 Å². The zero-order chi connectivity index (χ0) is 14.0. The molecular weight excluding hydrogens is 259 g/mol. The van der Waals surface area contributed by atoms with Crippen LogP contribution in [0.3, 0.4) is 0 Å². The molecule has 3 nitrogen and oxygen atoms in total. The van der Waals surface area contributed by atoms with Crippen LogP contribution in [0.4, 0.5) is 13.2 Å². The molecule has 0 aliphatic carbocycles. The van der Waals surface area contributed by atoms with E-state index in [0.717, 1.165) is 25.0 Å². The average Bonchev–Trinajstić information content (AvgIpc) is 2.80. The zero-order valence-electron chi connectivity index (χ0n) is 10.2. The lowest BCUT2D eigenvalue weighted by Crippen LogP contribution is -2.19. The molecular formula is C13H14F3NO2. The van der Waals surface area contributed by atoms with Gasteiger partial charge in [-0.3, -0.25) is 4.79 Å². The van der Waals surface area contributed by atoms with Gasteiger partial charge in [0.05, 0.1) is 11.7 Å². The number of ether oxygens (including phenoxy) is 1. The topological polar surface area (TPSA) is 52.3 Å². The molecule has 0 unspecified atom stereocenters. The summed E-state index contributed by atoms with van der Waals surface area (Å²) < 4.78 is 43.2. The highest BCUT2D eigenvalue weighted by Crippen LogP contribution is 2.31. The molecule has 1 heterocycles. The van der Waals surface area contributed by atoms with Crippen molar-refractivity contribution < 1.29 is 22.7 Å². The Hall–Kier alpha value is -1.56. The fourth-order valence-corrected chi connectivity index (χ4v) is 2.21. The molecule has 2 rings (SSSR count). The maximum atomic E-state index is 12.6. The largest absolute Gasteiger partial charge is 0.416 e. The van der Waals surface area contributed by atoms with Crippen molar-refractivity contribution in [3.63, 3.8) is 0 Å². The van der Waals surface area contributed by atoms with Crippen LogP contribution < -0.4 is 5.73 Å². The van der Waals surface area contributed by atoms with Crippen molar-refractivity contribution in [1.82, 2.24) is 0 Å².